The lowest BCUT2D eigenvalue weighted by molar-refractivity contribution is 0.547. The second-order valence-electron chi connectivity index (χ2n) is 5.75. The summed E-state index contributed by atoms with van der Waals surface area (Å²) in [6, 6.07) is 6.02. The summed E-state index contributed by atoms with van der Waals surface area (Å²) in [5, 5.41) is 6.38. The van der Waals surface area contributed by atoms with E-state index < -0.39 is 5.82 Å². The molecule has 2 rings (SSSR count). The maximum Gasteiger partial charge on any atom is 0.138 e. The molecule has 0 saturated heterocycles. The van der Waals surface area contributed by atoms with Gasteiger partial charge in [-0.15, -0.1) is 0 Å². The molecule has 21 heavy (non-hydrogen) atoms. The van der Waals surface area contributed by atoms with Gasteiger partial charge in [-0.3, -0.25) is 0 Å². The summed E-state index contributed by atoms with van der Waals surface area (Å²) in [5.41, 5.74) is 0.351. The molecule has 2 N–H and O–H groups in total. The summed E-state index contributed by atoms with van der Waals surface area (Å²) in [6.45, 7) is 6.10. The number of nitrogens with zero attached hydrogens (tertiary/aromatic N) is 2. The van der Waals surface area contributed by atoms with Gasteiger partial charge in [-0.05, 0) is 18.2 Å². The zero-order chi connectivity index (χ0) is 15.6. The maximum absolute atomic E-state index is 13.4. The van der Waals surface area contributed by atoms with E-state index in [2.05, 4.69) is 20.6 Å². The molecule has 1 aromatic carbocycles. The topological polar surface area (TPSA) is 49.8 Å². The Kier molecular flexibility index (Phi) is 4.32. The van der Waals surface area contributed by atoms with Crippen LogP contribution in [0.2, 0.25) is 5.02 Å². The maximum atomic E-state index is 13.4. The largest absolute Gasteiger partial charge is 0.373 e. The SMILES string of the molecule is CNc1cc(Nc2cc(F)cc(Cl)c2)nc(C(C)(C)C)n1. The van der Waals surface area contributed by atoms with E-state index >= 15 is 0 Å². The first-order chi connectivity index (χ1) is 9.77. The van der Waals surface area contributed by atoms with Crippen molar-refractivity contribution in [2.75, 3.05) is 17.7 Å². The summed E-state index contributed by atoms with van der Waals surface area (Å²) in [4.78, 5) is 8.92. The Morgan fingerprint density at radius 1 is 1.05 bits per heavy atom. The van der Waals surface area contributed by atoms with Gasteiger partial charge < -0.3 is 10.6 Å². The number of anilines is 3. The predicted molar refractivity (Wildman–Crippen MR) is 85.0 cm³/mol. The number of rotatable bonds is 3. The summed E-state index contributed by atoms with van der Waals surface area (Å²) in [5.74, 6) is 1.57. The Labute approximate surface area is 128 Å². The zero-order valence-corrected chi connectivity index (χ0v) is 13.2. The van der Waals surface area contributed by atoms with Crippen LogP contribution in [0.4, 0.5) is 21.7 Å². The van der Waals surface area contributed by atoms with Crippen molar-refractivity contribution in [2.24, 2.45) is 0 Å². The van der Waals surface area contributed by atoms with Gasteiger partial charge in [0.15, 0.2) is 0 Å². The molecular weight excluding hydrogens is 291 g/mol. The molecule has 0 aliphatic heterocycles. The quantitative estimate of drug-likeness (QED) is 0.885. The third-order valence-corrected chi connectivity index (χ3v) is 3.01. The molecule has 0 radical (unpaired) electrons. The first-order valence-electron chi connectivity index (χ1n) is 6.58. The van der Waals surface area contributed by atoms with Gasteiger partial charge in [-0.25, -0.2) is 14.4 Å². The van der Waals surface area contributed by atoms with Gasteiger partial charge in [0.05, 0.1) is 0 Å². The van der Waals surface area contributed by atoms with Gasteiger partial charge in [0.1, 0.15) is 23.3 Å². The summed E-state index contributed by atoms with van der Waals surface area (Å²) < 4.78 is 13.4. The summed E-state index contributed by atoms with van der Waals surface area (Å²) in [6.07, 6.45) is 0. The van der Waals surface area contributed by atoms with Crippen molar-refractivity contribution in [3.8, 4) is 0 Å². The Morgan fingerprint density at radius 3 is 2.29 bits per heavy atom. The van der Waals surface area contributed by atoms with Gasteiger partial charge in [0.25, 0.3) is 0 Å². The Hall–Kier alpha value is -1.88. The van der Waals surface area contributed by atoms with Crippen LogP contribution in [0.1, 0.15) is 26.6 Å². The van der Waals surface area contributed by atoms with Gasteiger partial charge in [0, 0.05) is 29.2 Å². The second-order valence-corrected chi connectivity index (χ2v) is 6.18. The van der Waals surface area contributed by atoms with E-state index in [-0.39, 0.29) is 5.41 Å². The molecule has 4 nitrogen and oxygen atoms in total. The van der Waals surface area contributed by atoms with Crippen molar-refractivity contribution < 1.29 is 4.39 Å². The third-order valence-electron chi connectivity index (χ3n) is 2.79. The van der Waals surface area contributed by atoms with Gasteiger partial charge in [-0.2, -0.15) is 0 Å². The Bertz CT molecular complexity index is 632. The molecule has 0 bridgehead atoms. The van der Waals surface area contributed by atoms with Crippen LogP contribution in [0.3, 0.4) is 0 Å². The third kappa shape index (κ3) is 4.04. The number of nitrogens with one attached hydrogen (secondary N) is 2. The minimum atomic E-state index is -0.399. The van der Waals surface area contributed by atoms with Crippen LogP contribution in [0.5, 0.6) is 0 Å². The van der Waals surface area contributed by atoms with E-state index in [1.807, 2.05) is 20.8 Å². The van der Waals surface area contributed by atoms with Gasteiger partial charge >= 0.3 is 0 Å². The fourth-order valence-electron chi connectivity index (χ4n) is 1.75. The average molecular weight is 309 g/mol. The number of hydrogen-bond donors (Lipinski definition) is 2. The van der Waals surface area contributed by atoms with E-state index in [1.165, 1.54) is 12.1 Å². The van der Waals surface area contributed by atoms with Crippen molar-refractivity contribution in [1.29, 1.82) is 0 Å². The minimum absolute atomic E-state index is 0.192. The molecule has 0 atom stereocenters. The van der Waals surface area contributed by atoms with E-state index in [9.17, 15) is 4.39 Å². The van der Waals surface area contributed by atoms with Crippen LogP contribution in [0, 0.1) is 5.82 Å². The van der Waals surface area contributed by atoms with Crippen molar-refractivity contribution in [2.45, 2.75) is 26.2 Å². The molecule has 0 saturated carbocycles. The van der Waals surface area contributed by atoms with Crippen LogP contribution < -0.4 is 10.6 Å². The Balaban J connectivity index is 2.39. The van der Waals surface area contributed by atoms with Gasteiger partial charge in [-0.1, -0.05) is 32.4 Å². The lowest BCUT2D eigenvalue weighted by Crippen LogP contribution is -2.17. The minimum Gasteiger partial charge on any atom is -0.373 e. The summed E-state index contributed by atoms with van der Waals surface area (Å²) >= 11 is 5.85. The zero-order valence-electron chi connectivity index (χ0n) is 12.5. The van der Waals surface area contributed by atoms with Crippen LogP contribution in [-0.4, -0.2) is 17.0 Å². The smallest absolute Gasteiger partial charge is 0.138 e. The van der Waals surface area contributed by atoms with Crippen molar-refractivity contribution in [3.05, 3.63) is 40.9 Å². The highest BCUT2D eigenvalue weighted by atomic mass is 35.5. The van der Waals surface area contributed by atoms with Crippen molar-refractivity contribution >= 4 is 28.9 Å². The number of halogens is 2. The fourth-order valence-corrected chi connectivity index (χ4v) is 1.97. The molecule has 0 spiro atoms. The highest BCUT2D eigenvalue weighted by Gasteiger charge is 2.19. The molecule has 2 aromatic rings. The van der Waals surface area contributed by atoms with E-state index in [0.29, 0.717) is 28.2 Å². The predicted octanol–water partition coefficient (Wildman–Crippen LogP) is 4.35. The highest BCUT2D eigenvalue weighted by Crippen LogP contribution is 2.25. The molecule has 1 heterocycles. The number of hydrogen-bond acceptors (Lipinski definition) is 4. The lowest BCUT2D eigenvalue weighted by atomic mass is 9.96. The van der Waals surface area contributed by atoms with Crippen molar-refractivity contribution in [1.82, 2.24) is 9.97 Å². The van der Waals surface area contributed by atoms with E-state index in [0.717, 1.165) is 0 Å². The average Bonchev–Trinajstić information content (AvgIpc) is 2.36. The van der Waals surface area contributed by atoms with Crippen LogP contribution in [0.25, 0.3) is 0 Å². The van der Waals surface area contributed by atoms with Crippen LogP contribution in [-0.2, 0) is 5.41 Å². The second kappa shape index (κ2) is 5.85. The Morgan fingerprint density at radius 2 is 1.71 bits per heavy atom. The molecule has 6 heteroatoms. The molecular formula is C15H18ClFN4. The fraction of sp³-hybridized carbons (Fsp3) is 0.333. The van der Waals surface area contributed by atoms with E-state index in [1.54, 1.807) is 19.2 Å². The first-order valence-corrected chi connectivity index (χ1v) is 6.96. The molecule has 0 fully saturated rings. The van der Waals surface area contributed by atoms with Crippen molar-refractivity contribution in [3.63, 3.8) is 0 Å². The standard InChI is InChI=1S/C15H18ClFN4/c1-15(2,3)14-20-12(18-4)8-13(21-14)19-11-6-9(16)5-10(17)7-11/h5-8H,1-4H3,(H2,18,19,20,21). The number of benzene rings is 1. The molecule has 0 unspecified atom stereocenters. The molecule has 0 amide bonds. The van der Waals surface area contributed by atoms with E-state index in [4.69, 9.17) is 11.6 Å². The monoisotopic (exact) mass is 308 g/mol. The van der Waals surface area contributed by atoms with Crippen LogP contribution in [0.15, 0.2) is 24.3 Å². The van der Waals surface area contributed by atoms with Gasteiger partial charge in [0.2, 0.25) is 0 Å². The molecule has 0 aliphatic carbocycles. The molecule has 1 aromatic heterocycles. The summed E-state index contributed by atoms with van der Waals surface area (Å²) in [7, 11) is 1.79. The normalized spacial score (nSPS) is 11.3. The highest BCUT2D eigenvalue weighted by molar-refractivity contribution is 6.30. The first kappa shape index (κ1) is 15.5. The van der Waals surface area contributed by atoms with Crippen LogP contribution >= 0.6 is 11.6 Å². The molecule has 0 aliphatic rings. The lowest BCUT2D eigenvalue weighted by Gasteiger charge is -2.19. The number of aromatic nitrogens is 2. The molecule has 112 valence electrons.